The van der Waals surface area contributed by atoms with Crippen LogP contribution in [0.2, 0.25) is 10.0 Å². The van der Waals surface area contributed by atoms with Gasteiger partial charge in [-0.25, -0.2) is 4.98 Å². The van der Waals surface area contributed by atoms with Gasteiger partial charge in [-0.3, -0.25) is 4.79 Å². The fourth-order valence-electron chi connectivity index (χ4n) is 4.24. The zero-order valence-corrected chi connectivity index (χ0v) is 21.3. The highest BCUT2D eigenvalue weighted by molar-refractivity contribution is 6.36. The number of hydrogen-bond acceptors (Lipinski definition) is 4. The predicted molar refractivity (Wildman–Crippen MR) is 148 cm³/mol. The van der Waals surface area contributed by atoms with Gasteiger partial charge in [-0.2, -0.15) is 9.61 Å². The van der Waals surface area contributed by atoms with Crippen molar-refractivity contribution in [3.05, 3.63) is 112 Å². The summed E-state index contributed by atoms with van der Waals surface area (Å²) in [6.07, 6.45) is 2.34. The Morgan fingerprint density at radius 3 is 2.35 bits per heavy atom. The summed E-state index contributed by atoms with van der Waals surface area (Å²) in [4.78, 5) is 17.6. The highest BCUT2D eigenvalue weighted by Crippen LogP contribution is 2.40. The van der Waals surface area contributed by atoms with Gasteiger partial charge >= 0.3 is 0 Å². The lowest BCUT2D eigenvalue weighted by molar-refractivity contribution is 0.0951. The smallest absolute Gasteiger partial charge is 0.251 e. The average Bonchev–Trinajstić information content (AvgIpc) is 3.68. The van der Waals surface area contributed by atoms with Crippen LogP contribution in [-0.4, -0.2) is 20.5 Å². The molecular weight excluding hydrogens is 505 g/mol. The maximum atomic E-state index is 12.7. The first-order chi connectivity index (χ1) is 18.0. The molecule has 6 rings (SSSR count). The molecule has 0 atom stereocenters. The van der Waals surface area contributed by atoms with Crippen LogP contribution in [-0.2, 0) is 6.54 Å². The highest BCUT2D eigenvalue weighted by Gasteiger charge is 2.27. The number of fused-ring (bicyclic) bond motifs is 1. The van der Waals surface area contributed by atoms with Crippen molar-refractivity contribution in [2.45, 2.75) is 25.3 Å². The normalized spacial score (nSPS) is 13.0. The third-order valence-corrected chi connectivity index (χ3v) is 7.13. The lowest BCUT2D eigenvalue weighted by Gasteiger charge is -2.12. The number of halogens is 2. The Balaban J connectivity index is 1.24. The molecule has 0 spiro atoms. The molecule has 3 aromatic carbocycles. The van der Waals surface area contributed by atoms with E-state index in [9.17, 15) is 4.79 Å². The van der Waals surface area contributed by atoms with Crippen LogP contribution in [0.1, 0.15) is 40.4 Å². The SMILES string of the molecule is O=C(NCc1c(Cl)cccc1Cl)c1ccc(Nc2cc(-c3ccccc3)nc3cc(C4CC4)nn23)cc1. The van der Waals surface area contributed by atoms with E-state index in [1.165, 1.54) is 12.8 Å². The van der Waals surface area contributed by atoms with E-state index >= 15 is 0 Å². The Hall–Kier alpha value is -3.87. The summed E-state index contributed by atoms with van der Waals surface area (Å²) in [5, 5.41) is 12.2. The van der Waals surface area contributed by atoms with Crippen molar-refractivity contribution in [3.8, 4) is 11.3 Å². The van der Waals surface area contributed by atoms with Gasteiger partial charge in [0.15, 0.2) is 5.65 Å². The van der Waals surface area contributed by atoms with Gasteiger partial charge in [0.25, 0.3) is 5.91 Å². The summed E-state index contributed by atoms with van der Waals surface area (Å²) >= 11 is 12.4. The van der Waals surface area contributed by atoms with E-state index in [0.29, 0.717) is 27.1 Å². The number of carbonyl (C=O) groups excluding carboxylic acids is 1. The molecule has 6 nitrogen and oxygen atoms in total. The quantitative estimate of drug-likeness (QED) is 0.233. The molecule has 8 heteroatoms. The second kappa shape index (κ2) is 9.88. The lowest BCUT2D eigenvalue weighted by Crippen LogP contribution is -2.23. The fraction of sp³-hybridized carbons (Fsp3) is 0.138. The Labute approximate surface area is 224 Å². The second-order valence-corrected chi connectivity index (χ2v) is 9.91. The van der Waals surface area contributed by atoms with Crippen LogP contribution in [0.5, 0.6) is 0 Å². The molecule has 2 aromatic heterocycles. The molecule has 1 saturated carbocycles. The van der Waals surface area contributed by atoms with E-state index in [1.54, 1.807) is 30.3 Å². The van der Waals surface area contributed by atoms with E-state index in [4.69, 9.17) is 33.3 Å². The van der Waals surface area contributed by atoms with Crippen LogP contribution in [0.4, 0.5) is 11.5 Å². The fourth-order valence-corrected chi connectivity index (χ4v) is 4.77. The molecule has 0 aliphatic heterocycles. The summed E-state index contributed by atoms with van der Waals surface area (Å²) in [6.45, 7) is 0.247. The number of hydrogen-bond donors (Lipinski definition) is 2. The standard InChI is InChI=1S/C29H23Cl2N5O/c30-23-7-4-8-24(31)22(23)17-32-29(37)20-11-13-21(14-12-20)33-27-15-25(18-5-2-1-3-6-18)34-28-16-26(19-9-10-19)35-36(27)28/h1-8,11-16,19,33H,9-10,17H2,(H,32,37). The van der Waals surface area contributed by atoms with Crippen molar-refractivity contribution in [2.75, 3.05) is 5.32 Å². The van der Waals surface area contributed by atoms with Crippen LogP contribution in [0.15, 0.2) is 84.9 Å². The number of aromatic nitrogens is 3. The molecule has 37 heavy (non-hydrogen) atoms. The summed E-state index contributed by atoms with van der Waals surface area (Å²) in [6, 6.07) is 26.7. The maximum Gasteiger partial charge on any atom is 0.251 e. The Kier molecular flexibility index (Phi) is 6.28. The monoisotopic (exact) mass is 527 g/mol. The van der Waals surface area contributed by atoms with Crippen molar-refractivity contribution in [1.82, 2.24) is 19.9 Å². The van der Waals surface area contributed by atoms with Gasteiger partial charge in [-0.05, 0) is 49.2 Å². The van der Waals surface area contributed by atoms with Crippen molar-refractivity contribution in [1.29, 1.82) is 0 Å². The number of amides is 1. The zero-order valence-electron chi connectivity index (χ0n) is 19.8. The van der Waals surface area contributed by atoms with Gasteiger partial charge < -0.3 is 10.6 Å². The minimum Gasteiger partial charge on any atom is -0.348 e. The van der Waals surface area contributed by atoms with Crippen molar-refractivity contribution < 1.29 is 4.79 Å². The predicted octanol–water partition coefficient (Wildman–Crippen LogP) is 7.25. The van der Waals surface area contributed by atoms with Gasteiger partial charge in [-0.1, -0.05) is 59.6 Å². The van der Waals surface area contributed by atoms with Gasteiger partial charge in [0, 0.05) is 57.0 Å². The van der Waals surface area contributed by atoms with Crippen molar-refractivity contribution in [2.24, 2.45) is 0 Å². The van der Waals surface area contributed by atoms with Crippen molar-refractivity contribution >= 4 is 46.3 Å². The number of rotatable bonds is 7. The van der Waals surface area contributed by atoms with E-state index in [2.05, 4.69) is 16.7 Å². The molecule has 2 heterocycles. The van der Waals surface area contributed by atoms with Crippen LogP contribution < -0.4 is 10.6 Å². The molecule has 0 radical (unpaired) electrons. The van der Waals surface area contributed by atoms with Gasteiger partial charge in [-0.15, -0.1) is 0 Å². The number of nitrogens with zero attached hydrogens (tertiary/aromatic N) is 3. The van der Waals surface area contributed by atoms with Crippen LogP contribution in [0.25, 0.3) is 16.9 Å². The van der Waals surface area contributed by atoms with E-state index in [1.807, 2.05) is 53.0 Å². The minimum absolute atomic E-state index is 0.207. The van der Waals surface area contributed by atoms with E-state index in [-0.39, 0.29) is 12.5 Å². The first-order valence-electron chi connectivity index (χ1n) is 12.1. The molecule has 2 N–H and O–H groups in total. The van der Waals surface area contributed by atoms with Crippen LogP contribution >= 0.6 is 23.2 Å². The topological polar surface area (TPSA) is 71.3 Å². The summed E-state index contributed by atoms with van der Waals surface area (Å²) in [7, 11) is 0. The first kappa shape index (κ1) is 23.5. The Bertz CT molecular complexity index is 1570. The molecule has 1 aliphatic carbocycles. The minimum atomic E-state index is -0.207. The summed E-state index contributed by atoms with van der Waals surface area (Å²) < 4.78 is 1.86. The summed E-state index contributed by atoms with van der Waals surface area (Å²) in [5.74, 6) is 1.12. The average molecular weight is 528 g/mol. The first-order valence-corrected chi connectivity index (χ1v) is 12.8. The third-order valence-electron chi connectivity index (χ3n) is 6.42. The van der Waals surface area contributed by atoms with Crippen LogP contribution in [0.3, 0.4) is 0 Å². The number of anilines is 2. The molecular formula is C29H23Cl2N5O. The highest BCUT2D eigenvalue weighted by atomic mass is 35.5. The number of benzene rings is 3. The molecule has 1 aliphatic rings. The molecule has 184 valence electrons. The Morgan fingerprint density at radius 2 is 1.65 bits per heavy atom. The largest absolute Gasteiger partial charge is 0.348 e. The van der Waals surface area contributed by atoms with Crippen LogP contribution in [0, 0.1) is 0 Å². The Morgan fingerprint density at radius 1 is 0.919 bits per heavy atom. The number of carbonyl (C=O) groups is 1. The van der Waals surface area contributed by atoms with Gasteiger partial charge in [0.1, 0.15) is 5.82 Å². The number of nitrogens with one attached hydrogen (secondary N) is 2. The third kappa shape index (κ3) is 5.03. The summed E-state index contributed by atoms with van der Waals surface area (Å²) in [5.41, 5.74) is 5.85. The van der Waals surface area contributed by atoms with Gasteiger partial charge in [0.05, 0.1) is 11.4 Å². The maximum absolute atomic E-state index is 12.7. The zero-order chi connectivity index (χ0) is 25.4. The molecule has 1 amide bonds. The van der Waals surface area contributed by atoms with Gasteiger partial charge in [0.2, 0.25) is 0 Å². The molecule has 0 saturated heterocycles. The molecule has 5 aromatic rings. The second-order valence-electron chi connectivity index (χ2n) is 9.09. The molecule has 1 fully saturated rings. The molecule has 0 unspecified atom stereocenters. The lowest BCUT2D eigenvalue weighted by atomic mass is 10.1. The molecule has 0 bridgehead atoms. The van der Waals surface area contributed by atoms with E-state index < -0.39 is 0 Å². The van der Waals surface area contributed by atoms with E-state index in [0.717, 1.165) is 34.1 Å². The van der Waals surface area contributed by atoms with Crippen molar-refractivity contribution in [3.63, 3.8) is 0 Å².